The number of carbonyl (C=O) groups excluding carboxylic acids is 2. The van der Waals surface area contributed by atoms with Crippen molar-refractivity contribution in [1.82, 2.24) is 9.80 Å². The summed E-state index contributed by atoms with van der Waals surface area (Å²) in [7, 11) is 0. The van der Waals surface area contributed by atoms with Gasteiger partial charge in [-0.3, -0.25) is 9.59 Å². The maximum atomic E-state index is 13.0. The fourth-order valence-corrected chi connectivity index (χ4v) is 4.05. The van der Waals surface area contributed by atoms with Crippen LogP contribution in [0, 0.1) is 5.82 Å². The molecule has 2 heterocycles. The van der Waals surface area contributed by atoms with E-state index < -0.39 is 0 Å². The normalized spacial score (nSPS) is 16.1. The van der Waals surface area contributed by atoms with Crippen LogP contribution >= 0.6 is 11.6 Å². The van der Waals surface area contributed by atoms with Crippen LogP contribution in [0.4, 0.5) is 4.39 Å². The summed E-state index contributed by atoms with van der Waals surface area (Å²) >= 11 is 6.32. The Balaban J connectivity index is 1.31. The lowest BCUT2D eigenvalue weighted by Gasteiger charge is -2.35. The Bertz CT molecular complexity index is 959. The molecular weight excluding hydrogens is 423 g/mol. The zero-order chi connectivity index (χ0) is 21.8. The van der Waals surface area contributed by atoms with E-state index in [1.807, 2.05) is 6.07 Å². The molecule has 1 saturated heterocycles. The van der Waals surface area contributed by atoms with E-state index in [9.17, 15) is 14.0 Å². The lowest BCUT2D eigenvalue weighted by atomic mass is 10.1. The van der Waals surface area contributed by atoms with Crippen LogP contribution in [0.25, 0.3) is 0 Å². The van der Waals surface area contributed by atoms with Gasteiger partial charge in [-0.05, 0) is 35.4 Å². The van der Waals surface area contributed by atoms with Gasteiger partial charge in [0, 0.05) is 32.6 Å². The molecule has 6 nitrogen and oxygen atoms in total. The molecule has 2 aromatic carbocycles. The summed E-state index contributed by atoms with van der Waals surface area (Å²) in [5, 5.41) is 0.443. The van der Waals surface area contributed by atoms with Gasteiger partial charge < -0.3 is 19.3 Å². The molecule has 0 radical (unpaired) electrons. The number of rotatable bonds is 4. The highest BCUT2D eigenvalue weighted by Crippen LogP contribution is 2.38. The summed E-state index contributed by atoms with van der Waals surface area (Å²) in [4.78, 5) is 28.8. The highest BCUT2D eigenvalue weighted by molar-refractivity contribution is 6.32. The van der Waals surface area contributed by atoms with E-state index >= 15 is 0 Å². The van der Waals surface area contributed by atoms with Gasteiger partial charge in [-0.25, -0.2) is 4.39 Å². The summed E-state index contributed by atoms with van der Waals surface area (Å²) in [5.41, 5.74) is 1.55. The average molecular weight is 447 g/mol. The molecular formula is C23H24ClFN2O4. The van der Waals surface area contributed by atoms with E-state index in [0.29, 0.717) is 55.9 Å². The number of halogens is 2. The van der Waals surface area contributed by atoms with Gasteiger partial charge in [0.15, 0.2) is 11.5 Å². The van der Waals surface area contributed by atoms with Gasteiger partial charge in [0.1, 0.15) is 5.82 Å². The molecule has 2 aliphatic heterocycles. The molecule has 0 bridgehead atoms. The second-order valence-electron chi connectivity index (χ2n) is 7.70. The molecule has 164 valence electrons. The van der Waals surface area contributed by atoms with Gasteiger partial charge >= 0.3 is 0 Å². The third-order valence-corrected chi connectivity index (χ3v) is 5.75. The second-order valence-corrected chi connectivity index (χ2v) is 8.10. The molecule has 0 N–H and O–H groups in total. The van der Waals surface area contributed by atoms with Gasteiger partial charge in [0.25, 0.3) is 0 Å². The molecule has 0 atom stereocenters. The zero-order valence-corrected chi connectivity index (χ0v) is 17.9. The van der Waals surface area contributed by atoms with Crippen LogP contribution < -0.4 is 9.47 Å². The number of hydrogen-bond donors (Lipinski definition) is 0. The highest BCUT2D eigenvalue weighted by atomic mass is 35.5. The van der Waals surface area contributed by atoms with Crippen molar-refractivity contribution in [1.29, 1.82) is 0 Å². The first kappa shape index (κ1) is 21.4. The number of amides is 2. The van der Waals surface area contributed by atoms with Crippen LogP contribution in [0.15, 0.2) is 36.4 Å². The second kappa shape index (κ2) is 9.56. The Labute approximate surface area is 185 Å². The van der Waals surface area contributed by atoms with Gasteiger partial charge in [-0.15, -0.1) is 0 Å². The van der Waals surface area contributed by atoms with Crippen molar-refractivity contribution in [3.8, 4) is 11.5 Å². The molecule has 0 unspecified atom stereocenters. The third kappa shape index (κ3) is 5.28. The SMILES string of the molecule is O=C(Cc1ccc(F)cc1)N1CCN(C(=O)Cc2cc(Cl)c3c(c2)OCCCO3)CC1. The lowest BCUT2D eigenvalue weighted by Crippen LogP contribution is -2.51. The Morgan fingerprint density at radius 3 is 2.10 bits per heavy atom. The van der Waals surface area contributed by atoms with Crippen molar-refractivity contribution in [2.75, 3.05) is 39.4 Å². The number of carbonyl (C=O) groups is 2. The summed E-state index contributed by atoms with van der Waals surface area (Å²) in [6, 6.07) is 9.50. The van der Waals surface area contributed by atoms with E-state index in [1.54, 1.807) is 28.0 Å². The number of piperazine rings is 1. The summed E-state index contributed by atoms with van der Waals surface area (Å²) in [5.74, 6) is 0.746. The lowest BCUT2D eigenvalue weighted by molar-refractivity contribution is -0.138. The number of ether oxygens (including phenoxy) is 2. The van der Waals surface area contributed by atoms with Crippen LogP contribution in [0.5, 0.6) is 11.5 Å². The minimum Gasteiger partial charge on any atom is -0.489 e. The first-order valence-corrected chi connectivity index (χ1v) is 10.8. The van der Waals surface area contributed by atoms with Crippen LogP contribution in [-0.2, 0) is 22.4 Å². The topological polar surface area (TPSA) is 59.1 Å². The van der Waals surface area contributed by atoms with Crippen LogP contribution in [0.1, 0.15) is 17.5 Å². The molecule has 0 spiro atoms. The quantitative estimate of drug-likeness (QED) is 0.724. The smallest absolute Gasteiger partial charge is 0.227 e. The van der Waals surface area contributed by atoms with Crippen LogP contribution in [0.2, 0.25) is 5.02 Å². The molecule has 2 amide bonds. The summed E-state index contributed by atoms with van der Waals surface area (Å²) < 4.78 is 24.3. The van der Waals surface area contributed by atoms with Crippen molar-refractivity contribution < 1.29 is 23.5 Å². The number of hydrogen-bond acceptors (Lipinski definition) is 4. The predicted octanol–water partition coefficient (Wildman–Crippen LogP) is 3.10. The van der Waals surface area contributed by atoms with Crippen molar-refractivity contribution in [3.05, 3.63) is 58.4 Å². The predicted molar refractivity (Wildman–Crippen MR) is 114 cm³/mol. The zero-order valence-electron chi connectivity index (χ0n) is 17.1. The fourth-order valence-electron chi connectivity index (χ4n) is 3.77. The molecule has 2 aliphatic rings. The Morgan fingerprint density at radius 1 is 0.871 bits per heavy atom. The largest absolute Gasteiger partial charge is 0.489 e. The van der Waals surface area contributed by atoms with Gasteiger partial charge in [0.05, 0.1) is 31.1 Å². The maximum absolute atomic E-state index is 13.0. The number of benzene rings is 2. The van der Waals surface area contributed by atoms with Crippen molar-refractivity contribution in [2.45, 2.75) is 19.3 Å². The van der Waals surface area contributed by atoms with Crippen molar-refractivity contribution in [3.63, 3.8) is 0 Å². The van der Waals surface area contributed by atoms with E-state index in [4.69, 9.17) is 21.1 Å². The minimum atomic E-state index is -0.321. The molecule has 0 aromatic heterocycles. The van der Waals surface area contributed by atoms with Gasteiger partial charge in [-0.1, -0.05) is 23.7 Å². The first-order chi connectivity index (χ1) is 15.0. The molecule has 0 aliphatic carbocycles. The molecule has 0 saturated carbocycles. The van der Waals surface area contributed by atoms with E-state index in [1.165, 1.54) is 12.1 Å². The van der Waals surface area contributed by atoms with E-state index in [2.05, 4.69) is 0 Å². The fraction of sp³-hybridized carbons (Fsp3) is 0.391. The summed E-state index contributed by atoms with van der Waals surface area (Å²) in [6.07, 6.45) is 1.22. The van der Waals surface area contributed by atoms with Gasteiger partial charge in [0.2, 0.25) is 11.8 Å². The van der Waals surface area contributed by atoms with E-state index in [-0.39, 0.29) is 30.5 Å². The maximum Gasteiger partial charge on any atom is 0.227 e. The van der Waals surface area contributed by atoms with Crippen LogP contribution in [0.3, 0.4) is 0 Å². The monoisotopic (exact) mass is 446 g/mol. The van der Waals surface area contributed by atoms with Crippen LogP contribution in [-0.4, -0.2) is 61.0 Å². The molecule has 1 fully saturated rings. The Hall–Kier alpha value is -2.80. The van der Waals surface area contributed by atoms with Crippen molar-refractivity contribution >= 4 is 23.4 Å². The average Bonchev–Trinajstić information content (AvgIpc) is 3.01. The number of fused-ring (bicyclic) bond motifs is 1. The standard InChI is InChI=1S/C23H24ClFN2O4/c24-19-12-17(13-20-23(19)31-11-1-10-30-20)15-22(29)27-8-6-26(7-9-27)21(28)14-16-2-4-18(25)5-3-16/h2-5,12-13H,1,6-11,14-15H2. The molecule has 8 heteroatoms. The third-order valence-electron chi connectivity index (χ3n) is 5.47. The molecule has 31 heavy (non-hydrogen) atoms. The highest BCUT2D eigenvalue weighted by Gasteiger charge is 2.25. The van der Waals surface area contributed by atoms with Gasteiger partial charge in [-0.2, -0.15) is 0 Å². The Kier molecular flexibility index (Phi) is 6.61. The molecule has 2 aromatic rings. The Morgan fingerprint density at radius 2 is 1.45 bits per heavy atom. The number of nitrogens with zero attached hydrogens (tertiary/aromatic N) is 2. The van der Waals surface area contributed by atoms with Crippen molar-refractivity contribution in [2.24, 2.45) is 0 Å². The minimum absolute atomic E-state index is 0.0174. The summed E-state index contributed by atoms with van der Waals surface area (Å²) in [6.45, 7) is 3.02. The van der Waals surface area contributed by atoms with E-state index in [0.717, 1.165) is 17.5 Å². The first-order valence-electron chi connectivity index (χ1n) is 10.4. The molecule has 4 rings (SSSR count).